The second-order valence-electron chi connectivity index (χ2n) is 11.2. The zero-order chi connectivity index (χ0) is 25.4. The SMILES string of the molecule is COc1ccc(COCC[C@@H](C)[C@H]2OC(C)(C)O[C@@H]2CC#CCCO[Si](C)(C)C(C)(C)C)cc1. The summed E-state index contributed by atoms with van der Waals surface area (Å²) in [6, 6.07) is 7.98. The van der Waals surface area contributed by atoms with E-state index in [4.69, 9.17) is 23.4 Å². The Morgan fingerprint density at radius 1 is 1.06 bits per heavy atom. The normalized spacial score (nSPS) is 21.1. The second-order valence-corrected chi connectivity index (χ2v) is 16.0. The fourth-order valence-electron chi connectivity index (χ4n) is 3.68. The van der Waals surface area contributed by atoms with Crippen LogP contribution in [0.4, 0.5) is 0 Å². The van der Waals surface area contributed by atoms with E-state index in [-0.39, 0.29) is 17.2 Å². The van der Waals surface area contributed by atoms with Gasteiger partial charge in [0.2, 0.25) is 0 Å². The second kappa shape index (κ2) is 12.6. The average molecular weight is 491 g/mol. The Hall–Kier alpha value is -1.36. The monoisotopic (exact) mass is 490 g/mol. The zero-order valence-electron chi connectivity index (χ0n) is 22.8. The van der Waals surface area contributed by atoms with Crippen molar-refractivity contribution in [2.75, 3.05) is 20.3 Å². The van der Waals surface area contributed by atoms with Gasteiger partial charge in [-0.05, 0) is 62.0 Å². The summed E-state index contributed by atoms with van der Waals surface area (Å²) in [6.07, 6.45) is 2.32. The Kier molecular flexibility index (Phi) is 10.7. The van der Waals surface area contributed by atoms with Crippen molar-refractivity contribution in [3.8, 4) is 17.6 Å². The maximum atomic E-state index is 6.25. The van der Waals surface area contributed by atoms with Crippen molar-refractivity contribution in [1.82, 2.24) is 0 Å². The fourth-order valence-corrected chi connectivity index (χ4v) is 4.73. The van der Waals surface area contributed by atoms with Crippen LogP contribution in [0.1, 0.15) is 66.4 Å². The van der Waals surface area contributed by atoms with Gasteiger partial charge in [-0.25, -0.2) is 0 Å². The summed E-state index contributed by atoms with van der Waals surface area (Å²) in [5, 5.41) is 0.225. The molecule has 0 saturated carbocycles. The van der Waals surface area contributed by atoms with Crippen molar-refractivity contribution in [3.63, 3.8) is 0 Å². The minimum atomic E-state index is -1.71. The smallest absolute Gasteiger partial charge is 0.192 e. The first-order valence-corrected chi connectivity index (χ1v) is 15.4. The molecule has 0 spiro atoms. The molecule has 0 amide bonds. The maximum Gasteiger partial charge on any atom is 0.192 e. The largest absolute Gasteiger partial charge is 0.497 e. The molecule has 3 atom stereocenters. The van der Waals surface area contributed by atoms with Crippen LogP contribution in [-0.2, 0) is 25.2 Å². The molecule has 6 heteroatoms. The lowest BCUT2D eigenvalue weighted by molar-refractivity contribution is -0.150. The van der Waals surface area contributed by atoms with E-state index in [1.165, 1.54) is 0 Å². The molecule has 0 bridgehead atoms. The molecular weight excluding hydrogens is 444 g/mol. The highest BCUT2D eigenvalue weighted by Crippen LogP contribution is 2.37. The van der Waals surface area contributed by atoms with Crippen molar-refractivity contribution in [2.24, 2.45) is 5.92 Å². The first-order chi connectivity index (χ1) is 15.8. The molecule has 1 fully saturated rings. The van der Waals surface area contributed by atoms with Gasteiger partial charge in [-0.1, -0.05) is 39.8 Å². The van der Waals surface area contributed by atoms with Crippen LogP contribution in [-0.4, -0.2) is 46.6 Å². The van der Waals surface area contributed by atoms with Crippen LogP contribution < -0.4 is 4.74 Å². The van der Waals surface area contributed by atoms with E-state index in [9.17, 15) is 0 Å². The Balaban J connectivity index is 1.77. The van der Waals surface area contributed by atoms with Crippen molar-refractivity contribution < 1.29 is 23.4 Å². The summed E-state index contributed by atoms with van der Waals surface area (Å²) in [5.41, 5.74) is 1.14. The highest BCUT2D eigenvalue weighted by atomic mass is 28.4. The van der Waals surface area contributed by atoms with Gasteiger partial charge >= 0.3 is 0 Å². The molecule has 0 unspecified atom stereocenters. The van der Waals surface area contributed by atoms with E-state index in [1.54, 1.807) is 7.11 Å². The average Bonchev–Trinajstić information content (AvgIpc) is 3.07. The number of rotatable bonds is 11. The lowest BCUT2D eigenvalue weighted by Crippen LogP contribution is -2.40. The van der Waals surface area contributed by atoms with Crippen molar-refractivity contribution in [3.05, 3.63) is 29.8 Å². The number of hydrogen-bond donors (Lipinski definition) is 0. The molecule has 1 saturated heterocycles. The minimum absolute atomic E-state index is 0.0115. The molecular formula is C28H46O5Si. The van der Waals surface area contributed by atoms with E-state index in [1.807, 2.05) is 38.1 Å². The first kappa shape index (κ1) is 28.9. The van der Waals surface area contributed by atoms with Gasteiger partial charge in [0.15, 0.2) is 14.1 Å². The molecule has 0 aromatic heterocycles. The van der Waals surface area contributed by atoms with Crippen LogP contribution in [0.25, 0.3) is 0 Å². The van der Waals surface area contributed by atoms with Gasteiger partial charge in [-0.15, -0.1) is 11.8 Å². The van der Waals surface area contributed by atoms with E-state index >= 15 is 0 Å². The highest BCUT2D eigenvalue weighted by molar-refractivity contribution is 6.74. The van der Waals surface area contributed by atoms with E-state index in [2.05, 4.69) is 52.6 Å². The molecule has 1 aliphatic rings. The Morgan fingerprint density at radius 2 is 1.74 bits per heavy atom. The molecule has 1 heterocycles. The molecule has 192 valence electrons. The topological polar surface area (TPSA) is 46.2 Å². The molecule has 0 radical (unpaired) electrons. The third kappa shape index (κ3) is 9.01. The summed E-state index contributed by atoms with van der Waals surface area (Å²) in [7, 11) is -0.0348. The van der Waals surface area contributed by atoms with E-state index < -0.39 is 14.1 Å². The van der Waals surface area contributed by atoms with Crippen molar-refractivity contribution >= 4 is 8.32 Å². The van der Waals surface area contributed by atoms with Crippen molar-refractivity contribution in [1.29, 1.82) is 0 Å². The zero-order valence-corrected chi connectivity index (χ0v) is 23.8. The van der Waals surface area contributed by atoms with Crippen LogP contribution in [0.2, 0.25) is 18.1 Å². The van der Waals surface area contributed by atoms with Gasteiger partial charge in [0.1, 0.15) is 5.75 Å². The molecule has 1 aromatic rings. The third-order valence-corrected chi connectivity index (χ3v) is 11.4. The minimum Gasteiger partial charge on any atom is -0.497 e. The highest BCUT2D eigenvalue weighted by Gasteiger charge is 2.43. The molecule has 0 N–H and O–H groups in total. The van der Waals surface area contributed by atoms with Crippen LogP contribution >= 0.6 is 0 Å². The predicted molar refractivity (Wildman–Crippen MR) is 140 cm³/mol. The molecule has 34 heavy (non-hydrogen) atoms. The molecule has 1 aromatic carbocycles. The summed E-state index contributed by atoms with van der Waals surface area (Å²) in [5.74, 6) is 7.18. The lowest BCUT2D eigenvalue weighted by Gasteiger charge is -2.35. The van der Waals surface area contributed by atoms with Crippen LogP contribution in [0.3, 0.4) is 0 Å². The van der Waals surface area contributed by atoms with Gasteiger partial charge in [0.05, 0.1) is 25.9 Å². The van der Waals surface area contributed by atoms with Gasteiger partial charge in [0.25, 0.3) is 0 Å². The van der Waals surface area contributed by atoms with Crippen LogP contribution in [0, 0.1) is 17.8 Å². The summed E-state index contributed by atoms with van der Waals surface area (Å²) in [4.78, 5) is 0. The summed E-state index contributed by atoms with van der Waals surface area (Å²) >= 11 is 0. The van der Waals surface area contributed by atoms with Gasteiger partial charge < -0.3 is 23.4 Å². The number of methoxy groups -OCH3 is 1. The van der Waals surface area contributed by atoms with E-state index in [0.717, 1.165) is 24.2 Å². The molecule has 1 aliphatic heterocycles. The van der Waals surface area contributed by atoms with Crippen LogP contribution in [0.5, 0.6) is 5.75 Å². The van der Waals surface area contributed by atoms with Crippen LogP contribution in [0.15, 0.2) is 24.3 Å². The molecule has 5 nitrogen and oxygen atoms in total. The van der Waals surface area contributed by atoms with Gasteiger partial charge in [-0.3, -0.25) is 0 Å². The molecule has 2 rings (SSSR count). The van der Waals surface area contributed by atoms with E-state index in [0.29, 0.717) is 32.2 Å². The maximum absolute atomic E-state index is 6.25. The fraction of sp³-hybridized carbons (Fsp3) is 0.714. The lowest BCUT2D eigenvalue weighted by atomic mass is 9.95. The molecule has 0 aliphatic carbocycles. The van der Waals surface area contributed by atoms with Gasteiger partial charge in [0, 0.05) is 26.1 Å². The Morgan fingerprint density at radius 3 is 2.35 bits per heavy atom. The predicted octanol–water partition coefficient (Wildman–Crippen LogP) is 6.56. The first-order valence-electron chi connectivity index (χ1n) is 12.5. The Labute approximate surface area is 209 Å². The number of hydrogen-bond acceptors (Lipinski definition) is 5. The van der Waals surface area contributed by atoms with Crippen molar-refractivity contribution in [2.45, 2.75) is 104 Å². The summed E-state index contributed by atoms with van der Waals surface area (Å²) in [6.45, 7) is 19.5. The number of benzene rings is 1. The third-order valence-electron chi connectivity index (χ3n) is 6.85. The Bertz CT molecular complexity index is 801. The summed E-state index contributed by atoms with van der Waals surface area (Å²) < 4.78 is 29.8. The van der Waals surface area contributed by atoms with Gasteiger partial charge in [-0.2, -0.15) is 0 Å². The standard InChI is InChI=1S/C28H46O5Si/c1-22(18-20-30-21-23-14-16-24(29-7)17-15-23)26-25(32-28(5,6)33-26)13-11-10-12-19-31-34(8,9)27(2,3)4/h14-17,22,25-26H,12-13,18-21H2,1-9H3/t22-,25-,26-/m1/s1. The number of ether oxygens (including phenoxy) is 4. The quantitative estimate of drug-likeness (QED) is 0.200.